The van der Waals surface area contributed by atoms with Crippen LogP contribution in [-0.4, -0.2) is 10.9 Å². The predicted octanol–water partition coefficient (Wildman–Crippen LogP) is 3.55. The Morgan fingerprint density at radius 2 is 2.00 bits per heavy atom. The number of carbonyl (C=O) groups is 1. The molecular formula is C19H14N3O3+. The Hall–Kier alpha value is -3.67. The molecule has 3 aromatic heterocycles. The van der Waals surface area contributed by atoms with Crippen LogP contribution in [0.15, 0.2) is 75.9 Å². The SMILES string of the molecule is O=C(C=Cc1ccco1)Nc1ccc(-c2nc3[nH+]cccc3o2)cc1. The Bertz CT molecular complexity index is 998. The van der Waals surface area contributed by atoms with E-state index in [0.29, 0.717) is 28.6 Å². The maximum atomic E-state index is 11.9. The van der Waals surface area contributed by atoms with Gasteiger partial charge in [0.2, 0.25) is 11.5 Å². The Morgan fingerprint density at radius 1 is 1.12 bits per heavy atom. The van der Waals surface area contributed by atoms with Gasteiger partial charge >= 0.3 is 11.5 Å². The molecule has 0 aliphatic heterocycles. The van der Waals surface area contributed by atoms with Crippen LogP contribution in [0.3, 0.4) is 0 Å². The van der Waals surface area contributed by atoms with Gasteiger partial charge in [0.05, 0.1) is 18.0 Å². The number of oxazole rings is 1. The molecule has 4 aromatic rings. The van der Waals surface area contributed by atoms with Crippen molar-refractivity contribution in [1.29, 1.82) is 0 Å². The highest BCUT2D eigenvalue weighted by Gasteiger charge is 2.16. The summed E-state index contributed by atoms with van der Waals surface area (Å²) in [4.78, 5) is 19.3. The average molecular weight is 332 g/mol. The van der Waals surface area contributed by atoms with Gasteiger partial charge in [-0.2, -0.15) is 0 Å². The fourth-order valence-corrected chi connectivity index (χ4v) is 2.36. The number of aromatic nitrogens is 2. The van der Waals surface area contributed by atoms with Gasteiger partial charge in [-0.05, 0) is 54.6 Å². The summed E-state index contributed by atoms with van der Waals surface area (Å²) in [7, 11) is 0. The van der Waals surface area contributed by atoms with Crippen LogP contribution in [0.1, 0.15) is 5.76 Å². The number of aromatic amines is 1. The third-order valence-electron chi connectivity index (χ3n) is 3.56. The molecule has 2 N–H and O–H groups in total. The molecule has 0 unspecified atom stereocenters. The van der Waals surface area contributed by atoms with Gasteiger partial charge in [-0.25, -0.2) is 4.98 Å². The zero-order chi connectivity index (χ0) is 17.1. The molecule has 25 heavy (non-hydrogen) atoms. The molecule has 0 saturated carbocycles. The van der Waals surface area contributed by atoms with E-state index in [4.69, 9.17) is 8.83 Å². The smallest absolute Gasteiger partial charge is 0.368 e. The zero-order valence-electron chi connectivity index (χ0n) is 13.1. The number of carbonyl (C=O) groups excluding carboxylic acids is 1. The maximum absolute atomic E-state index is 11.9. The molecule has 1 aromatic carbocycles. The van der Waals surface area contributed by atoms with Gasteiger partial charge in [-0.15, -0.1) is 0 Å². The number of anilines is 1. The number of fused-ring (bicyclic) bond motifs is 1. The van der Waals surface area contributed by atoms with Crippen LogP contribution < -0.4 is 10.3 Å². The molecule has 0 aliphatic carbocycles. The van der Waals surface area contributed by atoms with E-state index in [9.17, 15) is 4.79 Å². The molecule has 0 saturated heterocycles. The highest BCUT2D eigenvalue weighted by Crippen LogP contribution is 2.23. The van der Waals surface area contributed by atoms with Crippen LogP contribution in [-0.2, 0) is 4.79 Å². The van der Waals surface area contributed by atoms with Crippen molar-refractivity contribution in [3.05, 3.63) is 72.8 Å². The summed E-state index contributed by atoms with van der Waals surface area (Å²) >= 11 is 0. The minimum absolute atomic E-state index is 0.236. The number of nitrogens with one attached hydrogen (secondary N) is 2. The first-order valence-corrected chi connectivity index (χ1v) is 7.68. The third kappa shape index (κ3) is 3.32. The first kappa shape index (κ1) is 14.9. The van der Waals surface area contributed by atoms with Gasteiger partial charge in [-0.3, -0.25) is 4.79 Å². The Kier molecular flexibility index (Phi) is 3.84. The second-order valence-corrected chi connectivity index (χ2v) is 5.32. The van der Waals surface area contributed by atoms with E-state index in [0.717, 1.165) is 5.56 Å². The van der Waals surface area contributed by atoms with Gasteiger partial charge in [-0.1, -0.05) is 0 Å². The maximum Gasteiger partial charge on any atom is 0.368 e. The summed E-state index contributed by atoms with van der Waals surface area (Å²) < 4.78 is 10.8. The van der Waals surface area contributed by atoms with E-state index in [-0.39, 0.29) is 5.91 Å². The van der Waals surface area contributed by atoms with E-state index in [2.05, 4.69) is 15.3 Å². The molecule has 0 aliphatic rings. The molecule has 0 atom stereocenters. The summed E-state index contributed by atoms with van der Waals surface area (Å²) in [5, 5.41) is 2.79. The van der Waals surface area contributed by atoms with Crippen molar-refractivity contribution in [3.8, 4) is 11.5 Å². The van der Waals surface area contributed by atoms with Crippen LogP contribution in [0, 0.1) is 0 Å². The van der Waals surface area contributed by atoms with Crippen molar-refractivity contribution in [3.63, 3.8) is 0 Å². The van der Waals surface area contributed by atoms with E-state index in [1.54, 1.807) is 42.8 Å². The topological polar surface area (TPSA) is 82.4 Å². The zero-order valence-corrected chi connectivity index (χ0v) is 13.1. The number of hydrogen-bond donors (Lipinski definition) is 1. The highest BCUT2D eigenvalue weighted by atomic mass is 16.3. The normalized spacial score (nSPS) is 11.2. The largest absolute Gasteiger partial charge is 0.465 e. The van der Waals surface area contributed by atoms with Gasteiger partial charge in [0.15, 0.2) is 0 Å². The minimum Gasteiger partial charge on any atom is -0.465 e. The predicted molar refractivity (Wildman–Crippen MR) is 92.4 cm³/mol. The van der Waals surface area contributed by atoms with Crippen molar-refractivity contribution in [2.24, 2.45) is 0 Å². The second-order valence-electron chi connectivity index (χ2n) is 5.32. The Labute approximate surface area is 142 Å². The lowest BCUT2D eigenvalue weighted by Gasteiger charge is -2.01. The molecule has 0 bridgehead atoms. The molecule has 6 heteroatoms. The summed E-state index contributed by atoms with van der Waals surface area (Å²) in [5.74, 6) is 0.909. The molecule has 1 amide bonds. The summed E-state index contributed by atoms with van der Waals surface area (Å²) in [6.07, 6.45) is 6.38. The van der Waals surface area contributed by atoms with E-state index in [1.807, 2.05) is 24.3 Å². The number of hydrogen-bond acceptors (Lipinski definition) is 4. The van der Waals surface area contributed by atoms with Crippen molar-refractivity contribution >= 4 is 28.9 Å². The molecule has 0 radical (unpaired) electrons. The van der Waals surface area contributed by atoms with Crippen molar-refractivity contribution in [2.45, 2.75) is 0 Å². The van der Waals surface area contributed by atoms with Crippen molar-refractivity contribution in [1.82, 2.24) is 4.98 Å². The standard InChI is InChI=1S/C19H13N3O3/c23-17(10-9-15-3-2-12-24-15)21-14-7-5-13(6-8-14)19-22-18-16(25-19)4-1-11-20-18/h1-12H,(H,21,23)/p+1. The third-order valence-corrected chi connectivity index (χ3v) is 3.56. The lowest BCUT2D eigenvalue weighted by Crippen LogP contribution is -2.07. The fraction of sp³-hybridized carbons (Fsp3) is 0. The van der Waals surface area contributed by atoms with E-state index >= 15 is 0 Å². The lowest BCUT2D eigenvalue weighted by molar-refractivity contribution is -0.347. The van der Waals surface area contributed by atoms with Gasteiger partial charge in [0.1, 0.15) is 5.76 Å². The summed E-state index contributed by atoms with van der Waals surface area (Å²) in [6.45, 7) is 0. The van der Waals surface area contributed by atoms with Crippen LogP contribution in [0.25, 0.3) is 28.8 Å². The number of pyridine rings is 1. The van der Waals surface area contributed by atoms with Crippen LogP contribution >= 0.6 is 0 Å². The average Bonchev–Trinajstić information content (AvgIpc) is 3.30. The van der Waals surface area contributed by atoms with E-state index in [1.165, 1.54) is 6.08 Å². The van der Waals surface area contributed by atoms with Crippen molar-refractivity contribution < 1.29 is 18.6 Å². The van der Waals surface area contributed by atoms with Gasteiger partial charge < -0.3 is 14.2 Å². The van der Waals surface area contributed by atoms with Crippen molar-refractivity contribution in [2.75, 3.05) is 5.32 Å². The Balaban J connectivity index is 1.47. The minimum atomic E-state index is -0.236. The molecule has 6 nitrogen and oxygen atoms in total. The first-order chi connectivity index (χ1) is 12.3. The number of nitrogens with zero attached hydrogens (tertiary/aromatic N) is 1. The summed E-state index contributed by atoms with van der Waals surface area (Å²) in [6, 6.07) is 14.5. The highest BCUT2D eigenvalue weighted by molar-refractivity contribution is 6.01. The van der Waals surface area contributed by atoms with E-state index < -0.39 is 0 Å². The molecule has 0 fully saturated rings. The number of H-pyrrole nitrogens is 1. The van der Waals surface area contributed by atoms with Crippen LogP contribution in [0.2, 0.25) is 0 Å². The quantitative estimate of drug-likeness (QED) is 0.579. The first-order valence-electron chi connectivity index (χ1n) is 7.68. The number of amides is 1. The molecule has 3 heterocycles. The molecular weight excluding hydrogens is 318 g/mol. The second kappa shape index (κ2) is 6.45. The number of rotatable bonds is 4. The molecule has 0 spiro atoms. The molecule has 4 rings (SSSR count). The number of furan rings is 1. The molecule has 122 valence electrons. The van der Waals surface area contributed by atoms with Gasteiger partial charge in [0.25, 0.3) is 0 Å². The lowest BCUT2D eigenvalue weighted by atomic mass is 10.2. The Morgan fingerprint density at radius 3 is 2.76 bits per heavy atom. The van der Waals surface area contributed by atoms with Crippen LogP contribution in [0.5, 0.6) is 0 Å². The number of benzene rings is 1. The van der Waals surface area contributed by atoms with Crippen LogP contribution in [0.4, 0.5) is 5.69 Å². The van der Waals surface area contributed by atoms with Gasteiger partial charge in [0, 0.05) is 16.7 Å². The monoisotopic (exact) mass is 332 g/mol. The fourth-order valence-electron chi connectivity index (χ4n) is 2.36. The summed E-state index contributed by atoms with van der Waals surface area (Å²) in [5.41, 5.74) is 2.89.